The molecule has 0 bridgehead atoms. The van der Waals surface area contributed by atoms with E-state index in [-0.39, 0.29) is 0 Å². The Morgan fingerprint density at radius 2 is 2.42 bits per heavy atom. The van der Waals surface area contributed by atoms with Crippen molar-refractivity contribution in [3.63, 3.8) is 0 Å². The molecule has 0 aliphatic carbocycles. The zero-order valence-corrected chi connectivity index (χ0v) is 8.06. The predicted molar refractivity (Wildman–Crippen MR) is 48.3 cm³/mol. The van der Waals surface area contributed by atoms with E-state index < -0.39 is 6.10 Å². The van der Waals surface area contributed by atoms with Gasteiger partial charge in [-0.1, -0.05) is 6.92 Å². The first-order valence-corrected chi connectivity index (χ1v) is 4.40. The summed E-state index contributed by atoms with van der Waals surface area (Å²) in [5.74, 6) is 0.613. The van der Waals surface area contributed by atoms with E-state index in [0.717, 1.165) is 13.0 Å². The Morgan fingerprint density at radius 1 is 1.75 bits per heavy atom. The maximum atomic E-state index is 9.29. The van der Waals surface area contributed by atoms with Crippen LogP contribution in [0.25, 0.3) is 0 Å². The largest absolute Gasteiger partial charge is 0.385 e. The molecule has 0 aromatic carbocycles. The number of hydrogen-bond donors (Lipinski definition) is 2. The third kappa shape index (κ3) is 1.73. The molecule has 4 nitrogen and oxygen atoms in total. The highest BCUT2D eigenvalue weighted by Crippen LogP contribution is 2.09. The van der Waals surface area contributed by atoms with Crippen molar-refractivity contribution in [1.29, 1.82) is 0 Å². The van der Waals surface area contributed by atoms with Gasteiger partial charge in [0.1, 0.15) is 6.10 Å². The summed E-state index contributed by atoms with van der Waals surface area (Å²) in [7, 11) is 0. The van der Waals surface area contributed by atoms with Crippen LogP contribution >= 0.6 is 12.2 Å². The highest BCUT2D eigenvalue weighted by Gasteiger charge is 2.09. The quantitative estimate of drug-likeness (QED) is 0.703. The average Bonchev–Trinajstić information content (AvgIpc) is 2.34. The molecule has 12 heavy (non-hydrogen) atoms. The minimum absolute atomic E-state index is 0.565. The summed E-state index contributed by atoms with van der Waals surface area (Å²) >= 11 is 4.99. The van der Waals surface area contributed by atoms with Crippen LogP contribution in [0.5, 0.6) is 0 Å². The Morgan fingerprint density at radius 3 is 2.92 bits per heavy atom. The Labute approximate surface area is 76.2 Å². The van der Waals surface area contributed by atoms with Gasteiger partial charge in [0.15, 0.2) is 10.6 Å². The summed E-state index contributed by atoms with van der Waals surface area (Å²) in [5.41, 5.74) is 0. The summed E-state index contributed by atoms with van der Waals surface area (Å²) in [6.07, 6.45) is 0.414. The van der Waals surface area contributed by atoms with Gasteiger partial charge in [-0.15, -0.1) is 0 Å². The molecule has 0 radical (unpaired) electrons. The molecule has 1 aromatic heterocycles. The van der Waals surface area contributed by atoms with Crippen LogP contribution in [0.4, 0.5) is 0 Å². The molecule has 0 spiro atoms. The molecule has 0 saturated carbocycles. The van der Waals surface area contributed by atoms with Crippen molar-refractivity contribution in [3.8, 4) is 0 Å². The van der Waals surface area contributed by atoms with Gasteiger partial charge in [-0.2, -0.15) is 5.10 Å². The molecule has 5 heteroatoms. The molecule has 0 unspecified atom stereocenters. The number of aromatic amines is 1. The highest BCUT2D eigenvalue weighted by molar-refractivity contribution is 7.71. The van der Waals surface area contributed by atoms with Crippen LogP contribution in [-0.2, 0) is 6.54 Å². The van der Waals surface area contributed by atoms with Gasteiger partial charge in [0, 0.05) is 6.54 Å². The second-order valence-electron chi connectivity index (χ2n) is 2.71. The van der Waals surface area contributed by atoms with Crippen molar-refractivity contribution in [2.24, 2.45) is 0 Å². The standard InChI is InChI=1S/C7H13N3OS/c1-3-4-10-6(5(2)11)8-9-7(10)12/h5,11H,3-4H2,1-2H3,(H,9,12)/t5-/m0/s1. The Kier molecular flexibility index (Phi) is 2.99. The number of nitrogens with zero attached hydrogens (tertiary/aromatic N) is 2. The lowest BCUT2D eigenvalue weighted by molar-refractivity contribution is 0.183. The maximum Gasteiger partial charge on any atom is 0.195 e. The summed E-state index contributed by atoms with van der Waals surface area (Å²) in [6.45, 7) is 4.53. The van der Waals surface area contributed by atoms with Crippen molar-refractivity contribution < 1.29 is 5.11 Å². The maximum absolute atomic E-state index is 9.29. The van der Waals surface area contributed by atoms with E-state index in [2.05, 4.69) is 17.1 Å². The highest BCUT2D eigenvalue weighted by atomic mass is 32.1. The molecule has 0 aliphatic heterocycles. The first-order chi connectivity index (χ1) is 5.66. The van der Waals surface area contributed by atoms with Gasteiger partial charge in [0.2, 0.25) is 0 Å². The van der Waals surface area contributed by atoms with Crippen LogP contribution in [0.3, 0.4) is 0 Å². The van der Waals surface area contributed by atoms with E-state index in [4.69, 9.17) is 12.2 Å². The van der Waals surface area contributed by atoms with Gasteiger partial charge >= 0.3 is 0 Å². The summed E-state index contributed by atoms with van der Waals surface area (Å²) < 4.78 is 2.40. The molecule has 0 saturated heterocycles. The number of aromatic nitrogens is 3. The lowest BCUT2D eigenvalue weighted by Crippen LogP contribution is -2.06. The topological polar surface area (TPSA) is 53.8 Å². The minimum Gasteiger partial charge on any atom is -0.385 e. The number of H-pyrrole nitrogens is 1. The third-order valence-electron chi connectivity index (χ3n) is 1.61. The first kappa shape index (κ1) is 9.41. The fraction of sp³-hybridized carbons (Fsp3) is 0.714. The van der Waals surface area contributed by atoms with E-state index >= 15 is 0 Å². The van der Waals surface area contributed by atoms with Gasteiger partial charge in [0.05, 0.1) is 0 Å². The second-order valence-corrected chi connectivity index (χ2v) is 3.10. The fourth-order valence-electron chi connectivity index (χ4n) is 1.09. The molecule has 2 N–H and O–H groups in total. The van der Waals surface area contributed by atoms with Crippen molar-refractivity contribution in [1.82, 2.24) is 14.8 Å². The van der Waals surface area contributed by atoms with E-state index in [1.54, 1.807) is 6.92 Å². The summed E-state index contributed by atoms with van der Waals surface area (Å²) in [4.78, 5) is 0. The molecule has 1 rings (SSSR count). The zero-order chi connectivity index (χ0) is 9.14. The Hall–Kier alpha value is -0.680. The van der Waals surface area contributed by atoms with E-state index in [0.29, 0.717) is 10.6 Å². The normalized spacial score (nSPS) is 13.2. The zero-order valence-electron chi connectivity index (χ0n) is 7.24. The number of aliphatic hydroxyl groups is 1. The SMILES string of the molecule is CCCn1c([C@H](C)O)n[nH]c1=S. The van der Waals surface area contributed by atoms with Crippen molar-refractivity contribution in [2.75, 3.05) is 0 Å². The van der Waals surface area contributed by atoms with E-state index in [9.17, 15) is 5.11 Å². The molecule has 0 fully saturated rings. The fourth-order valence-corrected chi connectivity index (χ4v) is 1.32. The first-order valence-electron chi connectivity index (χ1n) is 4.00. The molecular weight excluding hydrogens is 174 g/mol. The summed E-state index contributed by atoms with van der Waals surface area (Å²) in [5, 5.41) is 15.9. The molecule has 0 aliphatic rings. The molecule has 1 aromatic rings. The molecule has 1 heterocycles. The smallest absolute Gasteiger partial charge is 0.195 e. The van der Waals surface area contributed by atoms with Crippen LogP contribution < -0.4 is 0 Å². The molecule has 1 atom stereocenters. The minimum atomic E-state index is -0.565. The van der Waals surface area contributed by atoms with Crippen LogP contribution in [-0.4, -0.2) is 19.9 Å². The average molecular weight is 187 g/mol. The number of hydrogen-bond acceptors (Lipinski definition) is 3. The Bertz CT molecular complexity index is 302. The molecule has 0 amide bonds. The number of rotatable bonds is 3. The molecular formula is C7H13N3OS. The van der Waals surface area contributed by atoms with E-state index in [1.807, 2.05) is 4.57 Å². The van der Waals surface area contributed by atoms with Crippen molar-refractivity contribution in [3.05, 3.63) is 10.6 Å². The second kappa shape index (κ2) is 3.82. The van der Waals surface area contributed by atoms with Gasteiger partial charge in [0.25, 0.3) is 0 Å². The third-order valence-corrected chi connectivity index (χ3v) is 1.92. The van der Waals surface area contributed by atoms with Crippen LogP contribution in [0, 0.1) is 4.77 Å². The Balaban J connectivity index is 3.04. The van der Waals surface area contributed by atoms with Crippen LogP contribution in [0.1, 0.15) is 32.2 Å². The van der Waals surface area contributed by atoms with Gasteiger partial charge in [-0.05, 0) is 25.6 Å². The van der Waals surface area contributed by atoms with Gasteiger partial charge in [-0.3, -0.25) is 5.10 Å². The van der Waals surface area contributed by atoms with Crippen LogP contribution in [0.15, 0.2) is 0 Å². The van der Waals surface area contributed by atoms with Crippen molar-refractivity contribution in [2.45, 2.75) is 32.9 Å². The van der Waals surface area contributed by atoms with Crippen LogP contribution in [0.2, 0.25) is 0 Å². The monoisotopic (exact) mass is 187 g/mol. The van der Waals surface area contributed by atoms with Crippen molar-refractivity contribution >= 4 is 12.2 Å². The number of aliphatic hydroxyl groups excluding tert-OH is 1. The lowest BCUT2D eigenvalue weighted by Gasteiger charge is -2.05. The van der Waals surface area contributed by atoms with E-state index in [1.165, 1.54) is 0 Å². The van der Waals surface area contributed by atoms with Gasteiger partial charge < -0.3 is 9.67 Å². The number of nitrogens with one attached hydrogen (secondary N) is 1. The van der Waals surface area contributed by atoms with Gasteiger partial charge in [-0.25, -0.2) is 0 Å². The molecule has 68 valence electrons. The lowest BCUT2D eigenvalue weighted by atomic mass is 10.3. The summed E-state index contributed by atoms with van der Waals surface area (Å²) in [6, 6.07) is 0. The predicted octanol–water partition coefficient (Wildman–Crippen LogP) is 1.40.